The first-order chi connectivity index (χ1) is 15.5. The van der Waals surface area contributed by atoms with Crippen molar-refractivity contribution in [1.82, 2.24) is 10.2 Å². The van der Waals surface area contributed by atoms with Crippen LogP contribution in [0.25, 0.3) is 0 Å². The fourth-order valence-electron chi connectivity index (χ4n) is 3.56. The molecule has 2 amide bonds. The lowest BCUT2D eigenvalue weighted by atomic mass is 10.1. The maximum atomic E-state index is 12.4. The summed E-state index contributed by atoms with van der Waals surface area (Å²) in [6, 6.07) is 14.9. The lowest BCUT2D eigenvalue weighted by Crippen LogP contribution is -2.36. The number of likely N-dealkylation sites (tertiary alicyclic amines) is 1. The molecule has 8 nitrogen and oxygen atoms in total. The number of hydrogen-bond acceptors (Lipinski definition) is 6. The average Bonchev–Trinajstić information content (AvgIpc) is 3.20. The molecule has 0 spiro atoms. The molecule has 1 saturated heterocycles. The summed E-state index contributed by atoms with van der Waals surface area (Å²) in [4.78, 5) is 38.3. The largest absolute Gasteiger partial charge is 0.493 e. The van der Waals surface area contributed by atoms with Crippen LogP contribution in [0.5, 0.6) is 11.5 Å². The standard InChI is InChI=1S/C24H28N2O6/c1-30-20-9-8-17(12-21(20)31-2)10-11-26-15-19(13-22(26)27)24(29)25-14-23(28)32-16-18-6-4-3-5-7-18/h3-9,12,19H,10-11,13-16H2,1-2H3,(H,25,29). The molecule has 1 N–H and O–H groups in total. The molecular formula is C24H28N2O6. The van der Waals surface area contributed by atoms with E-state index in [2.05, 4.69) is 5.32 Å². The fourth-order valence-corrected chi connectivity index (χ4v) is 3.56. The van der Waals surface area contributed by atoms with E-state index < -0.39 is 11.9 Å². The SMILES string of the molecule is COc1ccc(CCN2CC(C(=O)NCC(=O)OCc3ccccc3)CC2=O)cc1OC. The van der Waals surface area contributed by atoms with Gasteiger partial charge in [-0.2, -0.15) is 0 Å². The molecule has 0 bridgehead atoms. The van der Waals surface area contributed by atoms with Crippen LogP contribution in [0.1, 0.15) is 17.5 Å². The van der Waals surface area contributed by atoms with Gasteiger partial charge >= 0.3 is 5.97 Å². The number of hydrogen-bond donors (Lipinski definition) is 1. The summed E-state index contributed by atoms with van der Waals surface area (Å²) in [6.45, 7) is 0.762. The summed E-state index contributed by atoms with van der Waals surface area (Å²) < 4.78 is 15.7. The van der Waals surface area contributed by atoms with Gasteiger partial charge in [-0.3, -0.25) is 14.4 Å². The molecule has 1 aliphatic rings. The van der Waals surface area contributed by atoms with E-state index in [9.17, 15) is 14.4 Å². The van der Waals surface area contributed by atoms with Crippen molar-refractivity contribution < 1.29 is 28.6 Å². The van der Waals surface area contributed by atoms with Crippen LogP contribution >= 0.6 is 0 Å². The van der Waals surface area contributed by atoms with Crippen LogP contribution in [0.2, 0.25) is 0 Å². The van der Waals surface area contributed by atoms with Crippen LogP contribution in [0, 0.1) is 5.92 Å². The zero-order valence-electron chi connectivity index (χ0n) is 18.3. The fraction of sp³-hybridized carbons (Fsp3) is 0.375. The Morgan fingerprint density at radius 1 is 1.03 bits per heavy atom. The molecule has 1 atom stereocenters. The molecule has 170 valence electrons. The molecule has 0 saturated carbocycles. The van der Waals surface area contributed by atoms with Gasteiger partial charge < -0.3 is 24.4 Å². The summed E-state index contributed by atoms with van der Waals surface area (Å²) in [6.07, 6.45) is 0.767. The summed E-state index contributed by atoms with van der Waals surface area (Å²) in [7, 11) is 3.15. The van der Waals surface area contributed by atoms with E-state index in [0.29, 0.717) is 31.0 Å². The van der Waals surface area contributed by atoms with Gasteiger partial charge in [0.25, 0.3) is 0 Å². The monoisotopic (exact) mass is 440 g/mol. The van der Waals surface area contributed by atoms with Crippen molar-refractivity contribution in [2.75, 3.05) is 33.9 Å². The van der Waals surface area contributed by atoms with Gasteiger partial charge in [0.1, 0.15) is 13.2 Å². The minimum absolute atomic E-state index is 0.0720. The number of methoxy groups -OCH3 is 2. The number of esters is 1. The first-order valence-corrected chi connectivity index (χ1v) is 10.5. The van der Waals surface area contributed by atoms with Gasteiger partial charge in [-0.1, -0.05) is 36.4 Å². The number of benzene rings is 2. The lowest BCUT2D eigenvalue weighted by Gasteiger charge is -2.17. The maximum absolute atomic E-state index is 12.4. The topological polar surface area (TPSA) is 94.2 Å². The third kappa shape index (κ3) is 6.23. The Morgan fingerprint density at radius 2 is 1.78 bits per heavy atom. The molecule has 2 aromatic carbocycles. The van der Waals surface area contributed by atoms with Gasteiger partial charge in [-0.25, -0.2) is 0 Å². The second kappa shape index (κ2) is 11.2. The minimum Gasteiger partial charge on any atom is -0.493 e. The van der Waals surface area contributed by atoms with Crippen LogP contribution in [0.15, 0.2) is 48.5 Å². The average molecular weight is 440 g/mol. The van der Waals surface area contributed by atoms with Gasteiger partial charge in [-0.15, -0.1) is 0 Å². The van der Waals surface area contributed by atoms with Crippen LogP contribution < -0.4 is 14.8 Å². The third-order valence-corrected chi connectivity index (χ3v) is 5.35. The van der Waals surface area contributed by atoms with Crippen molar-refractivity contribution in [2.45, 2.75) is 19.4 Å². The molecule has 0 aromatic heterocycles. The van der Waals surface area contributed by atoms with Crippen molar-refractivity contribution >= 4 is 17.8 Å². The van der Waals surface area contributed by atoms with E-state index in [4.69, 9.17) is 14.2 Å². The highest BCUT2D eigenvalue weighted by Crippen LogP contribution is 2.28. The number of ether oxygens (including phenoxy) is 3. The molecule has 8 heteroatoms. The van der Waals surface area contributed by atoms with Crippen molar-refractivity contribution in [3.8, 4) is 11.5 Å². The van der Waals surface area contributed by atoms with Crippen LogP contribution in [-0.4, -0.2) is 56.5 Å². The maximum Gasteiger partial charge on any atom is 0.325 e. The van der Waals surface area contributed by atoms with Crippen LogP contribution in [0.3, 0.4) is 0 Å². The normalized spacial score (nSPS) is 15.4. The molecule has 1 heterocycles. The molecule has 0 radical (unpaired) electrons. The predicted molar refractivity (Wildman–Crippen MR) is 117 cm³/mol. The molecule has 2 aromatic rings. The number of amides is 2. The van der Waals surface area contributed by atoms with Gasteiger partial charge in [0.05, 0.1) is 20.1 Å². The molecule has 1 aliphatic heterocycles. The predicted octanol–water partition coefficient (Wildman–Crippen LogP) is 1.95. The molecule has 1 fully saturated rings. The summed E-state index contributed by atoms with van der Waals surface area (Å²) >= 11 is 0. The van der Waals surface area contributed by atoms with E-state index in [0.717, 1.165) is 11.1 Å². The van der Waals surface area contributed by atoms with Gasteiger partial charge in [-0.05, 0) is 29.7 Å². The number of carbonyl (C=O) groups excluding carboxylic acids is 3. The molecule has 1 unspecified atom stereocenters. The Kier molecular flexibility index (Phi) is 8.08. The first-order valence-electron chi connectivity index (χ1n) is 10.5. The van der Waals surface area contributed by atoms with E-state index in [-0.39, 0.29) is 31.4 Å². The van der Waals surface area contributed by atoms with Crippen molar-refractivity contribution in [1.29, 1.82) is 0 Å². The summed E-state index contributed by atoms with van der Waals surface area (Å²) in [5.74, 6) is -0.103. The highest BCUT2D eigenvalue weighted by atomic mass is 16.5. The lowest BCUT2D eigenvalue weighted by molar-refractivity contribution is -0.145. The molecule has 32 heavy (non-hydrogen) atoms. The van der Waals surface area contributed by atoms with Crippen LogP contribution in [0.4, 0.5) is 0 Å². The Balaban J connectivity index is 1.42. The third-order valence-electron chi connectivity index (χ3n) is 5.35. The van der Waals surface area contributed by atoms with E-state index in [1.807, 2.05) is 48.5 Å². The van der Waals surface area contributed by atoms with Gasteiger partial charge in [0.2, 0.25) is 11.8 Å². The molecule has 0 aliphatic carbocycles. The Morgan fingerprint density at radius 3 is 2.50 bits per heavy atom. The highest BCUT2D eigenvalue weighted by Gasteiger charge is 2.34. The van der Waals surface area contributed by atoms with E-state index in [1.165, 1.54) is 0 Å². The zero-order chi connectivity index (χ0) is 22.9. The van der Waals surface area contributed by atoms with Crippen molar-refractivity contribution in [3.63, 3.8) is 0 Å². The number of nitrogens with one attached hydrogen (secondary N) is 1. The second-order valence-electron chi connectivity index (χ2n) is 7.54. The van der Waals surface area contributed by atoms with Gasteiger partial charge in [0, 0.05) is 19.5 Å². The van der Waals surface area contributed by atoms with E-state index in [1.54, 1.807) is 19.1 Å². The van der Waals surface area contributed by atoms with Crippen molar-refractivity contribution in [3.05, 3.63) is 59.7 Å². The van der Waals surface area contributed by atoms with Crippen molar-refractivity contribution in [2.24, 2.45) is 5.92 Å². The van der Waals surface area contributed by atoms with E-state index >= 15 is 0 Å². The first kappa shape index (κ1) is 23.1. The number of carbonyl (C=O) groups is 3. The number of rotatable bonds is 10. The van der Waals surface area contributed by atoms with Gasteiger partial charge in [0.15, 0.2) is 11.5 Å². The van der Waals surface area contributed by atoms with Crippen LogP contribution in [-0.2, 0) is 32.1 Å². The Bertz CT molecular complexity index is 947. The zero-order valence-corrected chi connectivity index (χ0v) is 18.3. The minimum atomic E-state index is -0.517. The molecular weight excluding hydrogens is 412 g/mol. The quantitative estimate of drug-likeness (QED) is 0.568. The molecule has 3 rings (SSSR count). The number of nitrogens with zero attached hydrogens (tertiary/aromatic N) is 1. The Hall–Kier alpha value is -3.55. The summed E-state index contributed by atoms with van der Waals surface area (Å²) in [5, 5.41) is 2.58. The second-order valence-corrected chi connectivity index (χ2v) is 7.54. The highest BCUT2D eigenvalue weighted by molar-refractivity contribution is 5.90. The Labute approximate surface area is 187 Å². The smallest absolute Gasteiger partial charge is 0.325 e. The summed E-state index contributed by atoms with van der Waals surface area (Å²) in [5.41, 5.74) is 1.88.